The number of unbranched alkanes of at least 4 members (excludes halogenated alkanes) is 1. The Bertz CT molecular complexity index is 463. The number of benzene rings is 1. The molecule has 2 amide bonds. The molecule has 0 unspecified atom stereocenters. The molecule has 1 rings (SSSR count). The fourth-order valence-electron chi connectivity index (χ4n) is 1.63. The van der Waals surface area contributed by atoms with Gasteiger partial charge in [-0.3, -0.25) is 0 Å². The van der Waals surface area contributed by atoms with E-state index in [0.29, 0.717) is 19.7 Å². The van der Waals surface area contributed by atoms with Crippen LogP contribution in [0.3, 0.4) is 0 Å². The van der Waals surface area contributed by atoms with Gasteiger partial charge in [0.2, 0.25) is 0 Å². The van der Waals surface area contributed by atoms with Crippen molar-refractivity contribution in [3.05, 3.63) is 35.4 Å². The first-order valence-electron chi connectivity index (χ1n) is 6.96. The van der Waals surface area contributed by atoms with E-state index in [1.54, 1.807) is 0 Å². The van der Waals surface area contributed by atoms with Crippen LogP contribution in [-0.4, -0.2) is 25.9 Å². The van der Waals surface area contributed by atoms with E-state index in [1.807, 2.05) is 31.2 Å². The Morgan fingerprint density at radius 1 is 1.10 bits per heavy atom. The molecular formula is C15H22N2O4. The van der Waals surface area contributed by atoms with E-state index in [4.69, 9.17) is 4.74 Å². The van der Waals surface area contributed by atoms with E-state index < -0.39 is 12.2 Å². The molecule has 21 heavy (non-hydrogen) atoms. The molecule has 6 heteroatoms. The Balaban J connectivity index is 2.38. The number of methoxy groups -OCH3 is 1. The zero-order valence-corrected chi connectivity index (χ0v) is 12.5. The predicted octanol–water partition coefficient (Wildman–Crippen LogP) is 2.57. The third-order valence-corrected chi connectivity index (χ3v) is 2.78. The van der Waals surface area contributed by atoms with Crippen LogP contribution in [0, 0.1) is 0 Å². The fraction of sp³-hybridized carbons (Fsp3) is 0.467. The molecule has 0 saturated carbocycles. The van der Waals surface area contributed by atoms with Gasteiger partial charge in [0.25, 0.3) is 0 Å². The second kappa shape index (κ2) is 9.63. The van der Waals surface area contributed by atoms with Crippen molar-refractivity contribution in [1.82, 2.24) is 10.6 Å². The summed E-state index contributed by atoms with van der Waals surface area (Å²) < 4.78 is 9.51. The molecule has 0 bridgehead atoms. The molecule has 0 saturated heterocycles. The summed E-state index contributed by atoms with van der Waals surface area (Å²) in [5, 5.41) is 5.29. The molecule has 0 aromatic heterocycles. The van der Waals surface area contributed by atoms with Gasteiger partial charge in [0.05, 0.1) is 13.7 Å². The highest BCUT2D eigenvalue weighted by molar-refractivity contribution is 5.67. The maximum Gasteiger partial charge on any atom is 0.407 e. The SMILES string of the molecule is CCCCOC(=O)NCc1cccc(CNC(=O)OC)c1. The molecule has 0 radical (unpaired) electrons. The number of alkyl carbamates (subject to hydrolysis) is 2. The topological polar surface area (TPSA) is 76.7 Å². The van der Waals surface area contributed by atoms with E-state index in [1.165, 1.54) is 7.11 Å². The van der Waals surface area contributed by atoms with E-state index in [9.17, 15) is 9.59 Å². The second-order valence-corrected chi connectivity index (χ2v) is 4.51. The molecule has 0 aliphatic rings. The smallest absolute Gasteiger partial charge is 0.407 e. The summed E-state index contributed by atoms with van der Waals surface area (Å²) in [6, 6.07) is 7.56. The van der Waals surface area contributed by atoms with Crippen molar-refractivity contribution in [2.24, 2.45) is 0 Å². The average molecular weight is 294 g/mol. The van der Waals surface area contributed by atoms with E-state index in [2.05, 4.69) is 15.4 Å². The van der Waals surface area contributed by atoms with E-state index in [-0.39, 0.29) is 0 Å². The van der Waals surface area contributed by atoms with Crippen LogP contribution in [-0.2, 0) is 22.6 Å². The van der Waals surface area contributed by atoms with Crippen molar-refractivity contribution in [1.29, 1.82) is 0 Å². The normalized spacial score (nSPS) is 9.81. The van der Waals surface area contributed by atoms with Crippen LogP contribution in [0.2, 0.25) is 0 Å². The third kappa shape index (κ3) is 7.20. The van der Waals surface area contributed by atoms with Gasteiger partial charge in [-0.15, -0.1) is 0 Å². The maximum absolute atomic E-state index is 11.4. The first kappa shape index (κ1) is 16.8. The Kier molecular flexibility index (Phi) is 7.71. The Hall–Kier alpha value is -2.24. The van der Waals surface area contributed by atoms with Crippen molar-refractivity contribution in [3.8, 4) is 0 Å². The molecule has 1 aromatic rings. The molecule has 0 atom stereocenters. The van der Waals surface area contributed by atoms with Crippen molar-refractivity contribution >= 4 is 12.2 Å². The summed E-state index contributed by atoms with van der Waals surface area (Å²) >= 11 is 0. The zero-order chi connectivity index (χ0) is 15.5. The first-order valence-corrected chi connectivity index (χ1v) is 6.96. The summed E-state index contributed by atoms with van der Waals surface area (Å²) in [5.74, 6) is 0. The lowest BCUT2D eigenvalue weighted by atomic mass is 10.1. The minimum Gasteiger partial charge on any atom is -0.453 e. The number of carbonyl (C=O) groups is 2. The summed E-state index contributed by atoms with van der Waals surface area (Å²) in [6.07, 6.45) is 0.963. The molecule has 2 N–H and O–H groups in total. The summed E-state index contributed by atoms with van der Waals surface area (Å²) in [6.45, 7) is 3.24. The van der Waals surface area contributed by atoms with E-state index in [0.717, 1.165) is 24.0 Å². The quantitative estimate of drug-likeness (QED) is 0.758. The minimum absolute atomic E-state index is 0.376. The van der Waals surface area contributed by atoms with Crippen molar-refractivity contribution in [2.75, 3.05) is 13.7 Å². The van der Waals surface area contributed by atoms with Crippen molar-refractivity contribution < 1.29 is 19.1 Å². The van der Waals surface area contributed by atoms with Gasteiger partial charge in [-0.25, -0.2) is 9.59 Å². The molecule has 116 valence electrons. The number of hydrogen-bond acceptors (Lipinski definition) is 4. The monoisotopic (exact) mass is 294 g/mol. The molecule has 0 fully saturated rings. The van der Waals surface area contributed by atoms with Gasteiger partial charge in [0, 0.05) is 13.1 Å². The largest absolute Gasteiger partial charge is 0.453 e. The van der Waals surface area contributed by atoms with Gasteiger partial charge in [-0.1, -0.05) is 37.6 Å². The molecule has 6 nitrogen and oxygen atoms in total. The molecule has 0 aliphatic carbocycles. The molecule has 0 spiro atoms. The number of amides is 2. The van der Waals surface area contributed by atoms with Crippen LogP contribution in [0.1, 0.15) is 30.9 Å². The fourth-order valence-corrected chi connectivity index (χ4v) is 1.63. The highest BCUT2D eigenvalue weighted by atomic mass is 16.5. The highest BCUT2D eigenvalue weighted by Gasteiger charge is 2.03. The zero-order valence-electron chi connectivity index (χ0n) is 12.5. The van der Waals surface area contributed by atoms with Gasteiger partial charge < -0.3 is 20.1 Å². The van der Waals surface area contributed by atoms with Crippen LogP contribution in [0.15, 0.2) is 24.3 Å². The Labute approximate surface area is 124 Å². The lowest BCUT2D eigenvalue weighted by molar-refractivity contribution is 0.144. The second-order valence-electron chi connectivity index (χ2n) is 4.51. The lowest BCUT2D eigenvalue weighted by Crippen LogP contribution is -2.24. The number of rotatable bonds is 7. The lowest BCUT2D eigenvalue weighted by Gasteiger charge is -2.08. The van der Waals surface area contributed by atoms with Gasteiger partial charge >= 0.3 is 12.2 Å². The maximum atomic E-state index is 11.4. The van der Waals surface area contributed by atoms with Crippen molar-refractivity contribution in [2.45, 2.75) is 32.9 Å². The summed E-state index contributed by atoms with van der Waals surface area (Å²) in [7, 11) is 1.32. The number of hydrogen-bond donors (Lipinski definition) is 2. The predicted molar refractivity (Wildman–Crippen MR) is 78.8 cm³/mol. The van der Waals surface area contributed by atoms with Gasteiger partial charge in [-0.05, 0) is 17.5 Å². The van der Waals surface area contributed by atoms with Crippen LogP contribution in [0.25, 0.3) is 0 Å². The van der Waals surface area contributed by atoms with Crippen LogP contribution in [0.4, 0.5) is 9.59 Å². The Morgan fingerprint density at radius 2 is 1.71 bits per heavy atom. The molecule has 0 heterocycles. The standard InChI is InChI=1S/C15H22N2O4/c1-3-4-8-21-15(19)17-11-13-7-5-6-12(9-13)10-16-14(18)20-2/h5-7,9H,3-4,8,10-11H2,1-2H3,(H,16,18)(H,17,19). The van der Waals surface area contributed by atoms with Crippen LogP contribution >= 0.6 is 0 Å². The minimum atomic E-state index is -0.474. The first-order chi connectivity index (χ1) is 10.2. The van der Waals surface area contributed by atoms with E-state index >= 15 is 0 Å². The third-order valence-electron chi connectivity index (χ3n) is 2.78. The van der Waals surface area contributed by atoms with Gasteiger partial charge in [-0.2, -0.15) is 0 Å². The molecule has 0 aliphatic heterocycles. The number of nitrogens with one attached hydrogen (secondary N) is 2. The van der Waals surface area contributed by atoms with Gasteiger partial charge in [0.15, 0.2) is 0 Å². The average Bonchev–Trinajstić information content (AvgIpc) is 2.51. The highest BCUT2D eigenvalue weighted by Crippen LogP contribution is 2.05. The van der Waals surface area contributed by atoms with Crippen LogP contribution in [0.5, 0.6) is 0 Å². The van der Waals surface area contributed by atoms with Crippen molar-refractivity contribution in [3.63, 3.8) is 0 Å². The number of ether oxygens (including phenoxy) is 2. The Morgan fingerprint density at radius 3 is 2.29 bits per heavy atom. The van der Waals surface area contributed by atoms with Gasteiger partial charge in [0.1, 0.15) is 0 Å². The summed E-state index contributed by atoms with van der Waals surface area (Å²) in [5.41, 5.74) is 1.87. The summed E-state index contributed by atoms with van der Waals surface area (Å²) in [4.78, 5) is 22.4. The van der Waals surface area contributed by atoms with Crippen LogP contribution < -0.4 is 10.6 Å². The molecular weight excluding hydrogens is 272 g/mol. The number of carbonyl (C=O) groups excluding carboxylic acids is 2. The molecule has 1 aromatic carbocycles.